The first kappa shape index (κ1) is 14.0. The predicted octanol–water partition coefficient (Wildman–Crippen LogP) is 2.45. The molecule has 0 aliphatic rings. The van der Waals surface area contributed by atoms with Gasteiger partial charge in [0.2, 0.25) is 5.89 Å². The van der Waals surface area contributed by atoms with Crippen LogP contribution < -0.4 is 0 Å². The summed E-state index contributed by atoms with van der Waals surface area (Å²) in [4.78, 5) is 3.75. The van der Waals surface area contributed by atoms with Crippen LogP contribution in [0.4, 0.5) is 4.39 Å². The minimum absolute atomic E-state index is 0.0484. The number of aryl methyl sites for hydroxylation is 1. The highest BCUT2D eigenvalue weighted by molar-refractivity contribution is 8.14. The van der Waals surface area contributed by atoms with E-state index in [1.54, 1.807) is 13.0 Å². The normalized spacial score (nSPS) is 12.1. The van der Waals surface area contributed by atoms with Gasteiger partial charge in [0.1, 0.15) is 10.7 Å². The third-order valence-corrected chi connectivity index (χ3v) is 4.30. The van der Waals surface area contributed by atoms with E-state index in [1.165, 1.54) is 22.9 Å². The van der Waals surface area contributed by atoms with E-state index in [0.29, 0.717) is 17.2 Å². The van der Waals surface area contributed by atoms with Crippen molar-refractivity contribution in [3.63, 3.8) is 0 Å². The van der Waals surface area contributed by atoms with E-state index in [-0.39, 0.29) is 16.8 Å². The van der Waals surface area contributed by atoms with Crippen LogP contribution in [0.3, 0.4) is 0 Å². The van der Waals surface area contributed by atoms with Crippen LogP contribution in [0.15, 0.2) is 33.8 Å². The number of aromatic nitrogens is 3. The zero-order valence-electron chi connectivity index (χ0n) is 10.7. The van der Waals surface area contributed by atoms with Crippen LogP contribution in [-0.2, 0) is 15.6 Å². The maximum Gasteiger partial charge on any atom is 0.263 e. The average molecular weight is 330 g/mol. The number of benzene rings is 1. The summed E-state index contributed by atoms with van der Waals surface area (Å²) in [5.74, 6) is 0.0831. The standard InChI is InChI=1S/C12H9ClFN3O3S/c1-7-15-11(16-20-7)6-17-5-10(21(13,18)19)12-8(14)3-2-4-9(12)17/h2-5H,6H2,1H3. The van der Waals surface area contributed by atoms with Gasteiger partial charge in [-0.15, -0.1) is 0 Å². The molecule has 0 fully saturated rings. The summed E-state index contributed by atoms with van der Waals surface area (Å²) in [5, 5.41) is 3.68. The molecule has 0 aliphatic heterocycles. The fourth-order valence-corrected chi connectivity index (χ4v) is 3.20. The van der Waals surface area contributed by atoms with E-state index in [4.69, 9.17) is 15.2 Å². The summed E-state index contributed by atoms with van der Waals surface area (Å²) in [6.45, 7) is 1.78. The Bertz CT molecular complexity index is 933. The van der Waals surface area contributed by atoms with Gasteiger partial charge in [0.05, 0.1) is 17.4 Å². The van der Waals surface area contributed by atoms with Crippen LogP contribution in [0.1, 0.15) is 11.7 Å². The van der Waals surface area contributed by atoms with Crippen molar-refractivity contribution in [1.29, 1.82) is 0 Å². The van der Waals surface area contributed by atoms with Gasteiger partial charge in [0, 0.05) is 23.8 Å². The molecular weight excluding hydrogens is 321 g/mol. The van der Waals surface area contributed by atoms with Crippen molar-refractivity contribution in [2.24, 2.45) is 0 Å². The summed E-state index contributed by atoms with van der Waals surface area (Å²) >= 11 is 0. The van der Waals surface area contributed by atoms with Crippen molar-refractivity contribution in [2.45, 2.75) is 18.4 Å². The molecule has 0 saturated carbocycles. The van der Waals surface area contributed by atoms with Crippen molar-refractivity contribution in [2.75, 3.05) is 0 Å². The molecule has 0 radical (unpaired) electrons. The SMILES string of the molecule is Cc1nc(Cn2cc(S(=O)(=O)Cl)c3c(F)cccc32)no1. The van der Waals surface area contributed by atoms with Gasteiger partial charge in [-0.3, -0.25) is 0 Å². The molecule has 6 nitrogen and oxygen atoms in total. The van der Waals surface area contributed by atoms with E-state index in [9.17, 15) is 12.8 Å². The molecule has 0 N–H and O–H groups in total. The highest BCUT2D eigenvalue weighted by Gasteiger charge is 2.22. The van der Waals surface area contributed by atoms with Gasteiger partial charge in [-0.05, 0) is 12.1 Å². The molecular formula is C12H9ClFN3O3S. The summed E-state index contributed by atoms with van der Waals surface area (Å²) in [6.07, 6.45) is 1.27. The number of nitrogens with zero attached hydrogens (tertiary/aromatic N) is 3. The van der Waals surface area contributed by atoms with Crippen molar-refractivity contribution in [3.8, 4) is 0 Å². The Labute approximate surface area is 123 Å². The summed E-state index contributed by atoms with van der Waals surface area (Å²) in [7, 11) is 1.30. The molecule has 3 aromatic rings. The Morgan fingerprint density at radius 1 is 1.43 bits per heavy atom. The first-order valence-corrected chi connectivity index (χ1v) is 8.18. The fourth-order valence-electron chi connectivity index (χ4n) is 2.15. The molecule has 0 amide bonds. The molecule has 9 heteroatoms. The lowest BCUT2D eigenvalue weighted by molar-refractivity contribution is 0.386. The van der Waals surface area contributed by atoms with Gasteiger partial charge in [-0.25, -0.2) is 12.8 Å². The van der Waals surface area contributed by atoms with Gasteiger partial charge < -0.3 is 9.09 Å². The van der Waals surface area contributed by atoms with Gasteiger partial charge in [0.25, 0.3) is 9.05 Å². The molecule has 0 spiro atoms. The molecule has 0 atom stereocenters. The van der Waals surface area contributed by atoms with Crippen LogP contribution in [0.25, 0.3) is 10.9 Å². The average Bonchev–Trinajstić information content (AvgIpc) is 2.95. The van der Waals surface area contributed by atoms with Crippen LogP contribution in [0.5, 0.6) is 0 Å². The third kappa shape index (κ3) is 2.52. The molecule has 2 heterocycles. The zero-order chi connectivity index (χ0) is 15.2. The second-order valence-corrected chi connectivity index (χ2v) is 6.96. The highest BCUT2D eigenvalue weighted by atomic mass is 35.7. The summed E-state index contributed by atoms with van der Waals surface area (Å²) in [6, 6.07) is 4.26. The lowest BCUT2D eigenvalue weighted by Gasteiger charge is -2.01. The van der Waals surface area contributed by atoms with Gasteiger partial charge >= 0.3 is 0 Å². The van der Waals surface area contributed by atoms with Crippen LogP contribution in [-0.4, -0.2) is 23.1 Å². The summed E-state index contributed by atoms with van der Waals surface area (Å²) in [5.41, 5.74) is 0.386. The molecule has 0 bridgehead atoms. The number of halogens is 2. The quantitative estimate of drug-likeness (QED) is 0.690. The predicted molar refractivity (Wildman–Crippen MR) is 73.1 cm³/mol. The van der Waals surface area contributed by atoms with Crippen LogP contribution in [0, 0.1) is 12.7 Å². The van der Waals surface area contributed by atoms with Gasteiger partial charge in [-0.2, -0.15) is 4.98 Å². The Morgan fingerprint density at radius 3 is 2.81 bits per heavy atom. The van der Waals surface area contributed by atoms with Gasteiger partial charge in [-0.1, -0.05) is 11.2 Å². The van der Waals surface area contributed by atoms with E-state index >= 15 is 0 Å². The van der Waals surface area contributed by atoms with Crippen molar-refractivity contribution < 1.29 is 17.3 Å². The molecule has 0 saturated heterocycles. The molecule has 0 unspecified atom stereocenters. The lowest BCUT2D eigenvalue weighted by atomic mass is 10.2. The first-order chi connectivity index (χ1) is 9.86. The zero-order valence-corrected chi connectivity index (χ0v) is 12.3. The molecule has 3 rings (SSSR count). The first-order valence-electron chi connectivity index (χ1n) is 5.87. The molecule has 0 aliphatic carbocycles. The second-order valence-electron chi connectivity index (χ2n) is 4.42. The Hall–Kier alpha value is -1.93. The van der Waals surface area contributed by atoms with Crippen molar-refractivity contribution in [1.82, 2.24) is 14.7 Å². The Balaban J connectivity index is 2.22. The van der Waals surface area contributed by atoms with Crippen molar-refractivity contribution in [3.05, 3.63) is 41.9 Å². The number of rotatable bonds is 3. The second kappa shape index (κ2) is 4.81. The third-order valence-electron chi connectivity index (χ3n) is 2.96. The Morgan fingerprint density at radius 2 is 2.19 bits per heavy atom. The summed E-state index contributed by atoms with van der Waals surface area (Å²) < 4.78 is 43.5. The topological polar surface area (TPSA) is 78.0 Å². The minimum Gasteiger partial charge on any atom is -0.340 e. The van der Waals surface area contributed by atoms with Gasteiger partial charge in [0.15, 0.2) is 5.82 Å². The van der Waals surface area contributed by atoms with E-state index in [0.717, 1.165) is 0 Å². The Kier molecular flexibility index (Phi) is 3.22. The maximum absolute atomic E-state index is 13.9. The van der Waals surface area contributed by atoms with E-state index in [1.807, 2.05) is 0 Å². The molecule has 21 heavy (non-hydrogen) atoms. The maximum atomic E-state index is 13.9. The van der Waals surface area contributed by atoms with Crippen LogP contribution in [0.2, 0.25) is 0 Å². The van der Waals surface area contributed by atoms with Crippen molar-refractivity contribution >= 4 is 30.6 Å². The smallest absolute Gasteiger partial charge is 0.263 e. The number of hydrogen-bond acceptors (Lipinski definition) is 5. The number of fused-ring (bicyclic) bond motifs is 1. The highest BCUT2D eigenvalue weighted by Crippen LogP contribution is 2.30. The molecule has 1 aromatic carbocycles. The van der Waals surface area contributed by atoms with E-state index < -0.39 is 14.9 Å². The monoisotopic (exact) mass is 329 g/mol. The number of hydrogen-bond donors (Lipinski definition) is 0. The lowest BCUT2D eigenvalue weighted by Crippen LogP contribution is -2.00. The van der Waals surface area contributed by atoms with E-state index in [2.05, 4.69) is 10.1 Å². The molecule has 110 valence electrons. The minimum atomic E-state index is -4.07. The molecule has 2 aromatic heterocycles. The largest absolute Gasteiger partial charge is 0.340 e. The fraction of sp³-hybridized carbons (Fsp3) is 0.167. The van der Waals surface area contributed by atoms with Crippen LogP contribution >= 0.6 is 10.7 Å².